The Morgan fingerprint density at radius 1 is 1.04 bits per heavy atom. The lowest BCUT2D eigenvalue weighted by molar-refractivity contribution is -0.119. The summed E-state index contributed by atoms with van der Waals surface area (Å²) in [4.78, 5) is 12.3. The predicted octanol–water partition coefficient (Wildman–Crippen LogP) is 5.47. The van der Waals surface area contributed by atoms with E-state index in [0.29, 0.717) is 6.42 Å². The van der Waals surface area contributed by atoms with E-state index in [9.17, 15) is 4.79 Å². The number of hydrogen-bond acceptors (Lipinski definition) is 3. The van der Waals surface area contributed by atoms with Gasteiger partial charge in [-0.15, -0.1) is 0 Å². The zero-order valence-electron chi connectivity index (χ0n) is 13.9. The molecule has 3 aromatic rings. The smallest absolute Gasteiger partial charge is 0.264 e. The Morgan fingerprint density at radius 2 is 1.72 bits per heavy atom. The lowest BCUT2D eigenvalue weighted by atomic mass is 10.1. The van der Waals surface area contributed by atoms with Crippen molar-refractivity contribution in [1.82, 2.24) is 5.09 Å². The number of carbonyl (C=O) groups excluding carboxylic acids is 1. The van der Waals surface area contributed by atoms with Crippen LogP contribution in [0.4, 0.5) is 0 Å². The SMILES string of the molecule is C[C@H](NP(Cl)Oc1cccc2ccccc12)C(=O)Cc1ccccc1. The number of ketones is 1. The number of Topliss-reactive ketones (excluding diaryl/α,β-unsaturated/α-hetero) is 1. The van der Waals surface area contributed by atoms with Crippen LogP contribution < -0.4 is 9.61 Å². The molecule has 0 spiro atoms. The highest BCUT2D eigenvalue weighted by Gasteiger charge is 2.19. The predicted molar refractivity (Wildman–Crippen MR) is 105 cm³/mol. The van der Waals surface area contributed by atoms with Crippen LogP contribution in [0.3, 0.4) is 0 Å². The van der Waals surface area contributed by atoms with Crippen LogP contribution in [-0.2, 0) is 11.2 Å². The summed E-state index contributed by atoms with van der Waals surface area (Å²) in [5.74, 6) is 0.801. The average Bonchev–Trinajstić information content (AvgIpc) is 2.63. The van der Waals surface area contributed by atoms with Crippen LogP contribution >= 0.6 is 18.9 Å². The van der Waals surface area contributed by atoms with E-state index in [-0.39, 0.29) is 11.8 Å². The number of halogens is 1. The molecule has 0 saturated heterocycles. The van der Waals surface area contributed by atoms with E-state index in [0.717, 1.165) is 22.1 Å². The standard InChI is InChI=1S/C20H19ClNO2P/c1-15(19(23)14-16-8-3-2-4-9-16)22-25(21)24-20-13-7-11-17-10-5-6-12-18(17)20/h2-13,15,22H,14H2,1H3/t15-,25?/m0/s1. The quantitative estimate of drug-likeness (QED) is 0.559. The largest absolute Gasteiger partial charge is 0.444 e. The maximum Gasteiger partial charge on any atom is 0.264 e. The fourth-order valence-electron chi connectivity index (χ4n) is 2.56. The van der Waals surface area contributed by atoms with Crippen LogP contribution in [0, 0.1) is 0 Å². The van der Waals surface area contributed by atoms with Gasteiger partial charge in [-0.25, -0.2) is 5.09 Å². The van der Waals surface area contributed by atoms with Gasteiger partial charge in [0.1, 0.15) is 5.75 Å². The van der Waals surface area contributed by atoms with Gasteiger partial charge in [0.25, 0.3) is 7.65 Å². The van der Waals surface area contributed by atoms with Crippen LogP contribution in [0.2, 0.25) is 0 Å². The van der Waals surface area contributed by atoms with Crippen molar-refractivity contribution in [2.45, 2.75) is 19.4 Å². The first-order chi connectivity index (χ1) is 12.1. The molecule has 2 atom stereocenters. The highest BCUT2D eigenvalue weighted by atomic mass is 35.7. The third-order valence-electron chi connectivity index (χ3n) is 3.93. The molecule has 0 aliphatic rings. The molecule has 0 bridgehead atoms. The molecular formula is C20H19ClNO2P. The minimum absolute atomic E-state index is 0.0841. The lowest BCUT2D eigenvalue weighted by Gasteiger charge is -2.18. The van der Waals surface area contributed by atoms with E-state index in [2.05, 4.69) is 5.09 Å². The molecule has 3 nitrogen and oxygen atoms in total. The van der Waals surface area contributed by atoms with Gasteiger partial charge in [0.05, 0.1) is 6.04 Å². The van der Waals surface area contributed by atoms with Crippen molar-refractivity contribution in [3.8, 4) is 5.75 Å². The number of rotatable bonds is 7. The molecular weight excluding hydrogens is 353 g/mol. The molecule has 0 aliphatic heterocycles. The van der Waals surface area contributed by atoms with E-state index in [4.69, 9.17) is 15.8 Å². The van der Waals surface area contributed by atoms with Crippen LogP contribution in [0.25, 0.3) is 10.8 Å². The topological polar surface area (TPSA) is 38.3 Å². The lowest BCUT2D eigenvalue weighted by Crippen LogP contribution is -2.31. The van der Waals surface area contributed by atoms with Crippen LogP contribution in [0.5, 0.6) is 5.75 Å². The van der Waals surface area contributed by atoms with Crippen molar-refractivity contribution in [3.05, 3.63) is 78.4 Å². The second-order valence-corrected chi connectivity index (χ2v) is 7.64. The van der Waals surface area contributed by atoms with Crippen molar-refractivity contribution in [2.75, 3.05) is 0 Å². The van der Waals surface area contributed by atoms with Gasteiger partial charge in [-0.1, -0.05) is 66.7 Å². The van der Waals surface area contributed by atoms with Gasteiger partial charge in [0, 0.05) is 11.8 Å². The van der Waals surface area contributed by atoms with E-state index in [1.165, 1.54) is 0 Å². The fourth-order valence-corrected chi connectivity index (χ4v) is 4.06. The van der Waals surface area contributed by atoms with Crippen LogP contribution in [0.15, 0.2) is 72.8 Å². The van der Waals surface area contributed by atoms with Gasteiger partial charge in [0.2, 0.25) is 0 Å². The molecule has 128 valence electrons. The number of fused-ring (bicyclic) bond motifs is 1. The normalized spacial score (nSPS) is 13.4. The van der Waals surface area contributed by atoms with Crippen LogP contribution in [0.1, 0.15) is 12.5 Å². The summed E-state index contributed by atoms with van der Waals surface area (Å²) >= 11 is 6.34. The molecule has 0 radical (unpaired) electrons. The molecule has 25 heavy (non-hydrogen) atoms. The Hall–Kier alpha value is -1.93. The second kappa shape index (κ2) is 8.44. The summed E-state index contributed by atoms with van der Waals surface area (Å²) in [6.45, 7) is 1.81. The van der Waals surface area contributed by atoms with Gasteiger partial charge in [-0.2, -0.15) is 0 Å². The summed E-state index contributed by atoms with van der Waals surface area (Å²) in [5.41, 5.74) is 0.995. The molecule has 5 heteroatoms. The fraction of sp³-hybridized carbons (Fsp3) is 0.150. The molecule has 0 heterocycles. The summed E-state index contributed by atoms with van der Waals surface area (Å²) in [6.07, 6.45) is 0.378. The minimum atomic E-state index is -1.48. The van der Waals surface area contributed by atoms with Gasteiger partial charge in [0.15, 0.2) is 5.78 Å². The van der Waals surface area contributed by atoms with Crippen LogP contribution in [-0.4, -0.2) is 11.8 Å². The second-order valence-electron chi connectivity index (χ2n) is 5.79. The molecule has 3 rings (SSSR count). The van der Waals surface area contributed by atoms with Gasteiger partial charge in [-0.05, 0) is 35.2 Å². The number of benzene rings is 3. The third-order valence-corrected chi connectivity index (χ3v) is 5.37. The minimum Gasteiger partial charge on any atom is -0.444 e. The molecule has 0 aliphatic carbocycles. The van der Waals surface area contributed by atoms with E-state index in [1.807, 2.05) is 79.7 Å². The monoisotopic (exact) mass is 371 g/mol. The van der Waals surface area contributed by atoms with Crippen molar-refractivity contribution >= 4 is 35.4 Å². The first-order valence-corrected chi connectivity index (χ1v) is 10.2. The highest BCUT2D eigenvalue weighted by Crippen LogP contribution is 2.42. The number of hydrogen-bond donors (Lipinski definition) is 1. The number of carbonyl (C=O) groups is 1. The Kier molecular flexibility index (Phi) is 6.04. The molecule has 0 fully saturated rings. The molecule has 3 aromatic carbocycles. The Labute approximate surface area is 153 Å². The maximum absolute atomic E-state index is 12.3. The van der Waals surface area contributed by atoms with Gasteiger partial charge < -0.3 is 4.52 Å². The molecule has 1 N–H and O–H groups in total. The van der Waals surface area contributed by atoms with Crippen molar-refractivity contribution in [3.63, 3.8) is 0 Å². The zero-order valence-corrected chi connectivity index (χ0v) is 15.5. The van der Waals surface area contributed by atoms with Gasteiger partial charge >= 0.3 is 0 Å². The molecule has 1 unspecified atom stereocenters. The van der Waals surface area contributed by atoms with E-state index in [1.54, 1.807) is 0 Å². The number of nitrogens with one attached hydrogen (secondary N) is 1. The van der Waals surface area contributed by atoms with Crippen molar-refractivity contribution in [2.24, 2.45) is 0 Å². The molecule has 0 amide bonds. The Balaban J connectivity index is 1.61. The van der Waals surface area contributed by atoms with E-state index < -0.39 is 7.65 Å². The highest BCUT2D eigenvalue weighted by molar-refractivity contribution is 7.78. The molecule has 0 saturated carbocycles. The van der Waals surface area contributed by atoms with E-state index >= 15 is 0 Å². The third kappa shape index (κ3) is 4.79. The Morgan fingerprint density at radius 3 is 2.52 bits per heavy atom. The summed E-state index contributed by atoms with van der Waals surface area (Å²) in [5, 5.41) is 5.17. The molecule has 0 aromatic heterocycles. The zero-order chi connectivity index (χ0) is 17.6. The Bertz CT molecular complexity index is 851. The summed E-state index contributed by atoms with van der Waals surface area (Å²) in [7, 11) is -1.48. The summed E-state index contributed by atoms with van der Waals surface area (Å²) < 4.78 is 5.87. The average molecular weight is 372 g/mol. The first-order valence-electron chi connectivity index (χ1n) is 8.08. The van der Waals surface area contributed by atoms with Crippen molar-refractivity contribution in [1.29, 1.82) is 0 Å². The first kappa shape index (κ1) is 17.9. The van der Waals surface area contributed by atoms with Crippen molar-refractivity contribution < 1.29 is 9.32 Å². The van der Waals surface area contributed by atoms with Gasteiger partial charge in [-0.3, -0.25) is 4.79 Å². The maximum atomic E-state index is 12.3. The summed E-state index contributed by atoms with van der Waals surface area (Å²) in [6, 6.07) is 23.1.